The van der Waals surface area contributed by atoms with Crippen molar-refractivity contribution < 1.29 is 4.79 Å². The largest absolute Gasteiger partial charge is 0.352 e. The third kappa shape index (κ3) is 2.87. The molecule has 2 aromatic rings. The molecule has 8 heteroatoms. The van der Waals surface area contributed by atoms with Crippen LogP contribution in [0.2, 0.25) is 10.0 Å². The number of amides is 1. The summed E-state index contributed by atoms with van der Waals surface area (Å²) in [6.07, 6.45) is 3.83. The van der Waals surface area contributed by atoms with Crippen LogP contribution < -0.4 is 5.32 Å². The van der Waals surface area contributed by atoms with E-state index in [1.165, 1.54) is 11.8 Å². The Morgan fingerprint density at radius 2 is 2.25 bits per heavy atom. The van der Waals surface area contributed by atoms with Gasteiger partial charge in [-0.25, -0.2) is 0 Å². The summed E-state index contributed by atoms with van der Waals surface area (Å²) in [5.74, 6) is 0.0161. The van der Waals surface area contributed by atoms with Gasteiger partial charge in [-0.15, -0.1) is 10.2 Å². The van der Waals surface area contributed by atoms with Crippen molar-refractivity contribution in [2.24, 2.45) is 0 Å². The highest BCUT2D eigenvalue weighted by Gasteiger charge is 2.26. The van der Waals surface area contributed by atoms with Crippen LogP contribution in [0.5, 0.6) is 0 Å². The Bertz CT molecular complexity index is 671. The van der Waals surface area contributed by atoms with Crippen LogP contribution in [0.4, 0.5) is 0 Å². The van der Waals surface area contributed by atoms with Crippen molar-refractivity contribution in [3.8, 4) is 0 Å². The lowest BCUT2D eigenvalue weighted by Gasteiger charge is -2.10. The van der Waals surface area contributed by atoms with Gasteiger partial charge in [-0.1, -0.05) is 35.0 Å². The average Bonchev–Trinajstić information content (AvgIpc) is 3.11. The van der Waals surface area contributed by atoms with Gasteiger partial charge in [0.1, 0.15) is 0 Å². The van der Waals surface area contributed by atoms with Crippen LogP contribution in [-0.2, 0) is 4.79 Å². The smallest absolute Gasteiger partial charge is 0.233 e. The minimum absolute atomic E-state index is 0.0161. The van der Waals surface area contributed by atoms with Crippen LogP contribution in [-0.4, -0.2) is 31.8 Å². The number of hydrogen-bond donors (Lipinski definition) is 1. The Kier molecular flexibility index (Phi) is 3.79. The molecule has 1 aliphatic carbocycles. The van der Waals surface area contributed by atoms with Crippen molar-refractivity contribution in [3.63, 3.8) is 0 Å². The molecule has 3 rings (SSSR count). The zero-order valence-corrected chi connectivity index (χ0v) is 13.0. The van der Waals surface area contributed by atoms with Crippen molar-refractivity contribution in [1.82, 2.24) is 19.9 Å². The third-order valence-electron chi connectivity index (χ3n) is 2.97. The third-order valence-corrected chi connectivity index (χ3v) is 4.51. The Labute approximate surface area is 130 Å². The molecule has 1 amide bonds. The second-order valence-electron chi connectivity index (χ2n) is 4.73. The second-order valence-corrected chi connectivity index (χ2v) is 6.88. The van der Waals surface area contributed by atoms with Crippen LogP contribution in [0.1, 0.15) is 19.8 Å². The van der Waals surface area contributed by atoms with E-state index in [2.05, 4.69) is 15.5 Å². The van der Waals surface area contributed by atoms with Gasteiger partial charge in [0.05, 0.1) is 15.3 Å². The molecule has 0 aromatic carbocycles. The molecule has 0 radical (unpaired) electrons. The number of hydrogen-bond acceptors (Lipinski definition) is 4. The lowest BCUT2D eigenvalue weighted by Crippen LogP contribution is -2.32. The van der Waals surface area contributed by atoms with Crippen molar-refractivity contribution in [1.29, 1.82) is 0 Å². The molecule has 1 atom stereocenters. The first kappa shape index (κ1) is 14.0. The molecule has 106 valence electrons. The first-order valence-corrected chi connectivity index (χ1v) is 7.85. The molecular weight excluding hydrogens is 319 g/mol. The maximum Gasteiger partial charge on any atom is 0.233 e. The molecule has 1 aliphatic rings. The van der Waals surface area contributed by atoms with Crippen molar-refractivity contribution in [2.45, 2.75) is 36.2 Å². The molecule has 1 N–H and O–H groups in total. The van der Waals surface area contributed by atoms with Gasteiger partial charge in [-0.2, -0.15) is 0 Å². The summed E-state index contributed by atoms with van der Waals surface area (Å²) in [5, 5.41) is 12.3. The van der Waals surface area contributed by atoms with Gasteiger partial charge in [0.15, 0.2) is 10.8 Å². The summed E-state index contributed by atoms with van der Waals surface area (Å²) in [6.45, 7) is 1.84. The number of fused-ring (bicyclic) bond motifs is 1. The first-order chi connectivity index (χ1) is 9.54. The van der Waals surface area contributed by atoms with Gasteiger partial charge in [-0.05, 0) is 25.8 Å². The SMILES string of the molecule is CC(Sc1nnc2c(Cl)cc(Cl)cn12)C(=O)NC1CC1. The molecule has 0 saturated heterocycles. The monoisotopic (exact) mass is 330 g/mol. The summed E-state index contributed by atoms with van der Waals surface area (Å²) in [6, 6.07) is 1.97. The van der Waals surface area contributed by atoms with Crippen molar-refractivity contribution in [3.05, 3.63) is 22.3 Å². The van der Waals surface area contributed by atoms with Crippen LogP contribution in [0.3, 0.4) is 0 Å². The zero-order chi connectivity index (χ0) is 14.3. The Morgan fingerprint density at radius 1 is 1.50 bits per heavy atom. The Hall–Kier alpha value is -0.980. The first-order valence-electron chi connectivity index (χ1n) is 6.21. The predicted molar refractivity (Wildman–Crippen MR) is 79.5 cm³/mol. The quantitative estimate of drug-likeness (QED) is 0.875. The minimum Gasteiger partial charge on any atom is -0.352 e. The van der Waals surface area contributed by atoms with E-state index < -0.39 is 0 Å². The van der Waals surface area contributed by atoms with Gasteiger partial charge in [0.25, 0.3) is 0 Å². The molecule has 0 bridgehead atoms. The van der Waals surface area contributed by atoms with Gasteiger partial charge in [-0.3, -0.25) is 9.20 Å². The highest BCUT2D eigenvalue weighted by molar-refractivity contribution is 8.00. The van der Waals surface area contributed by atoms with E-state index in [9.17, 15) is 4.79 Å². The number of carbonyl (C=O) groups is 1. The van der Waals surface area contributed by atoms with Crippen LogP contribution >= 0.6 is 35.0 Å². The van der Waals surface area contributed by atoms with Gasteiger partial charge in [0, 0.05) is 12.2 Å². The molecule has 5 nitrogen and oxygen atoms in total. The molecular formula is C12H12Cl2N4OS. The van der Waals surface area contributed by atoms with E-state index in [4.69, 9.17) is 23.2 Å². The standard InChI is InChI=1S/C12H12Cl2N4OS/c1-6(11(19)15-8-2-3-8)20-12-17-16-10-9(14)4-7(13)5-18(10)12/h4-6,8H,2-3H2,1H3,(H,15,19). The number of nitrogens with zero attached hydrogens (tertiary/aromatic N) is 3. The van der Waals surface area contributed by atoms with E-state index >= 15 is 0 Å². The molecule has 0 aliphatic heterocycles. The van der Waals surface area contributed by atoms with Crippen molar-refractivity contribution >= 4 is 46.5 Å². The molecule has 1 fully saturated rings. The summed E-state index contributed by atoms with van der Waals surface area (Å²) >= 11 is 13.4. The number of rotatable bonds is 4. The van der Waals surface area contributed by atoms with Gasteiger partial charge in [0.2, 0.25) is 5.91 Å². The number of aromatic nitrogens is 3. The number of thioether (sulfide) groups is 1. The maximum atomic E-state index is 11.9. The number of carbonyl (C=O) groups excluding carboxylic acids is 1. The van der Waals surface area contributed by atoms with Gasteiger partial charge < -0.3 is 5.32 Å². The van der Waals surface area contributed by atoms with Crippen LogP contribution in [0, 0.1) is 0 Å². The number of nitrogens with one attached hydrogen (secondary N) is 1. The summed E-state index contributed by atoms with van der Waals surface area (Å²) in [4.78, 5) is 11.9. The fraction of sp³-hybridized carbons (Fsp3) is 0.417. The predicted octanol–water partition coefficient (Wildman–Crippen LogP) is 2.80. The summed E-state index contributed by atoms with van der Waals surface area (Å²) in [5.41, 5.74) is 0.536. The van der Waals surface area contributed by atoms with Gasteiger partial charge >= 0.3 is 0 Å². The molecule has 1 unspecified atom stereocenters. The van der Waals surface area contributed by atoms with Crippen LogP contribution in [0.25, 0.3) is 5.65 Å². The Balaban J connectivity index is 1.81. The number of halogens is 2. The van der Waals surface area contributed by atoms with Crippen molar-refractivity contribution in [2.75, 3.05) is 0 Å². The van der Waals surface area contributed by atoms with E-state index in [-0.39, 0.29) is 11.2 Å². The van der Waals surface area contributed by atoms with E-state index in [1.54, 1.807) is 16.7 Å². The zero-order valence-electron chi connectivity index (χ0n) is 10.6. The highest BCUT2D eigenvalue weighted by Crippen LogP contribution is 2.28. The lowest BCUT2D eigenvalue weighted by atomic mass is 10.4. The summed E-state index contributed by atoms with van der Waals surface area (Å²) < 4.78 is 1.70. The molecule has 1 saturated carbocycles. The highest BCUT2D eigenvalue weighted by atomic mass is 35.5. The summed E-state index contributed by atoms with van der Waals surface area (Å²) in [7, 11) is 0. The van der Waals surface area contributed by atoms with E-state index in [1.807, 2.05) is 6.92 Å². The lowest BCUT2D eigenvalue weighted by molar-refractivity contribution is -0.120. The minimum atomic E-state index is -0.249. The topological polar surface area (TPSA) is 59.3 Å². The normalized spacial score (nSPS) is 16.4. The molecule has 2 aromatic heterocycles. The molecule has 20 heavy (non-hydrogen) atoms. The van der Waals surface area contributed by atoms with E-state index in [0.29, 0.717) is 26.9 Å². The maximum absolute atomic E-state index is 11.9. The molecule has 2 heterocycles. The molecule has 0 spiro atoms. The second kappa shape index (κ2) is 5.42. The average molecular weight is 331 g/mol. The Morgan fingerprint density at radius 3 is 2.95 bits per heavy atom. The fourth-order valence-electron chi connectivity index (χ4n) is 1.74. The fourth-order valence-corrected chi connectivity index (χ4v) is 3.08. The van der Waals surface area contributed by atoms with E-state index in [0.717, 1.165) is 12.8 Å². The van der Waals surface area contributed by atoms with Crippen LogP contribution in [0.15, 0.2) is 17.4 Å². The number of pyridine rings is 1.